The molecule has 1 saturated heterocycles. The molecule has 6 heteroatoms. The Kier molecular flexibility index (Phi) is 4.11. The lowest BCUT2D eigenvalue weighted by atomic mass is 10.2. The number of likely N-dealkylation sites (N-methyl/N-ethyl adjacent to an activating group) is 1. The molecule has 0 saturated carbocycles. The Morgan fingerprint density at radius 1 is 1.39 bits per heavy atom. The summed E-state index contributed by atoms with van der Waals surface area (Å²) in [6, 6.07) is 3.43. The molecule has 1 N–H and O–H groups in total. The Morgan fingerprint density at radius 2 is 2.11 bits per heavy atom. The predicted molar refractivity (Wildman–Crippen MR) is 67.3 cm³/mol. The van der Waals surface area contributed by atoms with Crippen LogP contribution in [0.3, 0.4) is 0 Å². The highest BCUT2D eigenvalue weighted by Gasteiger charge is 2.18. The summed E-state index contributed by atoms with van der Waals surface area (Å²) in [5.74, 6) is 0.175. The summed E-state index contributed by atoms with van der Waals surface area (Å²) in [6.45, 7) is 3.55. The van der Waals surface area contributed by atoms with Gasteiger partial charge in [-0.3, -0.25) is 10.2 Å². The number of carbonyl (C=O) groups excluding carboxylic acids is 1. The van der Waals surface area contributed by atoms with Gasteiger partial charge in [0, 0.05) is 32.4 Å². The Labute approximate surface area is 107 Å². The first-order valence-electron chi connectivity index (χ1n) is 5.94. The van der Waals surface area contributed by atoms with Crippen LogP contribution in [0.5, 0.6) is 5.88 Å². The topological polar surface area (TPSA) is 57.7 Å². The number of carbonyl (C=O) groups is 1. The van der Waals surface area contributed by atoms with E-state index >= 15 is 0 Å². The summed E-state index contributed by atoms with van der Waals surface area (Å²) in [4.78, 5) is 18.3. The number of aromatic nitrogens is 1. The normalized spacial score (nSPS) is 17.4. The van der Waals surface area contributed by atoms with Crippen molar-refractivity contribution >= 4 is 5.91 Å². The largest absolute Gasteiger partial charge is 0.480 e. The number of piperazine rings is 1. The van der Waals surface area contributed by atoms with Gasteiger partial charge in [-0.25, -0.2) is 9.99 Å². The maximum absolute atomic E-state index is 12.1. The van der Waals surface area contributed by atoms with Crippen LogP contribution in [0.2, 0.25) is 0 Å². The van der Waals surface area contributed by atoms with Crippen LogP contribution in [0.4, 0.5) is 0 Å². The monoisotopic (exact) mass is 250 g/mol. The van der Waals surface area contributed by atoms with Gasteiger partial charge in [0.25, 0.3) is 5.91 Å². The molecule has 1 aromatic heterocycles. The quantitative estimate of drug-likeness (QED) is 0.817. The fourth-order valence-corrected chi connectivity index (χ4v) is 1.85. The number of amides is 1. The highest BCUT2D eigenvalue weighted by Crippen LogP contribution is 2.13. The summed E-state index contributed by atoms with van der Waals surface area (Å²) in [7, 11) is 3.58. The molecule has 0 unspecified atom stereocenters. The van der Waals surface area contributed by atoms with Crippen molar-refractivity contribution in [3.8, 4) is 5.88 Å². The van der Waals surface area contributed by atoms with Crippen molar-refractivity contribution in [3.05, 3.63) is 23.9 Å². The molecule has 1 amide bonds. The third kappa shape index (κ3) is 2.96. The van der Waals surface area contributed by atoms with Crippen LogP contribution in [0.25, 0.3) is 0 Å². The van der Waals surface area contributed by atoms with E-state index in [1.54, 1.807) is 18.3 Å². The van der Waals surface area contributed by atoms with Gasteiger partial charge in [-0.15, -0.1) is 0 Å². The zero-order chi connectivity index (χ0) is 13.0. The molecule has 6 nitrogen and oxygen atoms in total. The van der Waals surface area contributed by atoms with Crippen LogP contribution in [-0.2, 0) is 0 Å². The van der Waals surface area contributed by atoms with Crippen LogP contribution in [0, 0.1) is 0 Å². The summed E-state index contributed by atoms with van der Waals surface area (Å²) in [5, 5.41) is 1.93. The first kappa shape index (κ1) is 12.8. The van der Waals surface area contributed by atoms with Crippen LogP contribution in [0.15, 0.2) is 18.3 Å². The SMILES string of the molecule is COc1ncccc1C(=O)NN1CCN(C)CC1. The van der Waals surface area contributed by atoms with E-state index in [-0.39, 0.29) is 5.91 Å². The first-order chi connectivity index (χ1) is 8.70. The molecule has 1 aliphatic rings. The fourth-order valence-electron chi connectivity index (χ4n) is 1.85. The minimum atomic E-state index is -0.176. The molecule has 2 heterocycles. The van der Waals surface area contributed by atoms with Gasteiger partial charge < -0.3 is 9.64 Å². The second kappa shape index (κ2) is 5.79. The number of hydrogen-bond acceptors (Lipinski definition) is 5. The average molecular weight is 250 g/mol. The second-order valence-corrected chi connectivity index (χ2v) is 4.29. The highest BCUT2D eigenvalue weighted by molar-refractivity contribution is 5.95. The van der Waals surface area contributed by atoms with Crippen LogP contribution in [-0.4, -0.2) is 61.1 Å². The van der Waals surface area contributed by atoms with Gasteiger partial charge in [0.05, 0.1) is 7.11 Å². The van der Waals surface area contributed by atoms with E-state index in [9.17, 15) is 4.79 Å². The zero-order valence-electron chi connectivity index (χ0n) is 10.7. The molecule has 18 heavy (non-hydrogen) atoms. The molecule has 0 radical (unpaired) electrons. The number of hydrogen-bond donors (Lipinski definition) is 1. The van der Waals surface area contributed by atoms with Crippen molar-refractivity contribution in [2.45, 2.75) is 0 Å². The Morgan fingerprint density at radius 3 is 2.78 bits per heavy atom. The zero-order valence-corrected chi connectivity index (χ0v) is 10.7. The Balaban J connectivity index is 1.99. The molecule has 98 valence electrons. The number of nitrogens with one attached hydrogen (secondary N) is 1. The average Bonchev–Trinajstić information content (AvgIpc) is 2.41. The second-order valence-electron chi connectivity index (χ2n) is 4.29. The maximum Gasteiger partial charge on any atom is 0.271 e. The molecule has 0 aromatic carbocycles. The minimum absolute atomic E-state index is 0.176. The maximum atomic E-state index is 12.1. The molecule has 1 fully saturated rings. The van der Waals surface area contributed by atoms with Gasteiger partial charge >= 0.3 is 0 Å². The summed E-state index contributed by atoms with van der Waals surface area (Å²) in [6.07, 6.45) is 1.60. The lowest BCUT2D eigenvalue weighted by Gasteiger charge is -2.32. The van der Waals surface area contributed by atoms with Gasteiger partial charge in [0.1, 0.15) is 5.56 Å². The molecule has 0 bridgehead atoms. The summed E-state index contributed by atoms with van der Waals surface area (Å²) < 4.78 is 5.07. The van der Waals surface area contributed by atoms with Gasteiger partial charge in [-0.2, -0.15) is 0 Å². The van der Waals surface area contributed by atoms with Gasteiger partial charge in [0.15, 0.2) is 0 Å². The molecule has 0 spiro atoms. The molecule has 1 aromatic rings. The van der Waals surface area contributed by atoms with E-state index in [2.05, 4.69) is 22.4 Å². The molecule has 2 rings (SSSR count). The van der Waals surface area contributed by atoms with Crippen molar-refractivity contribution < 1.29 is 9.53 Å². The van der Waals surface area contributed by atoms with Crippen molar-refractivity contribution in [3.63, 3.8) is 0 Å². The first-order valence-corrected chi connectivity index (χ1v) is 5.94. The van der Waals surface area contributed by atoms with E-state index in [1.807, 2.05) is 5.01 Å². The van der Waals surface area contributed by atoms with Crippen LogP contribution >= 0.6 is 0 Å². The van der Waals surface area contributed by atoms with Crippen molar-refractivity contribution in [1.29, 1.82) is 0 Å². The van der Waals surface area contributed by atoms with Crippen LogP contribution in [0.1, 0.15) is 10.4 Å². The molecular formula is C12H18N4O2. The van der Waals surface area contributed by atoms with E-state index in [0.717, 1.165) is 26.2 Å². The Hall–Kier alpha value is -1.66. The smallest absolute Gasteiger partial charge is 0.271 e. The van der Waals surface area contributed by atoms with Crippen molar-refractivity contribution in [2.75, 3.05) is 40.3 Å². The standard InChI is InChI=1S/C12H18N4O2/c1-15-6-8-16(9-7-15)14-11(17)10-4-3-5-13-12(10)18-2/h3-5H,6-9H2,1-2H3,(H,14,17). The Bertz CT molecular complexity index is 416. The third-order valence-electron chi connectivity index (χ3n) is 2.97. The predicted octanol–water partition coefficient (Wildman–Crippen LogP) is -0.0176. The fraction of sp³-hybridized carbons (Fsp3) is 0.500. The molecule has 1 aliphatic heterocycles. The number of ether oxygens (including phenoxy) is 1. The number of nitrogens with zero attached hydrogens (tertiary/aromatic N) is 3. The highest BCUT2D eigenvalue weighted by atomic mass is 16.5. The number of hydrazine groups is 1. The van der Waals surface area contributed by atoms with Gasteiger partial charge in [0.2, 0.25) is 5.88 Å². The van der Waals surface area contributed by atoms with Gasteiger partial charge in [-0.1, -0.05) is 0 Å². The lowest BCUT2D eigenvalue weighted by molar-refractivity contribution is 0.0659. The van der Waals surface area contributed by atoms with E-state index < -0.39 is 0 Å². The molecule has 0 aliphatic carbocycles. The number of pyridine rings is 1. The van der Waals surface area contributed by atoms with Crippen molar-refractivity contribution in [2.24, 2.45) is 0 Å². The lowest BCUT2D eigenvalue weighted by Crippen LogP contribution is -2.52. The number of methoxy groups -OCH3 is 1. The minimum Gasteiger partial charge on any atom is -0.480 e. The van der Waals surface area contributed by atoms with Crippen LogP contribution < -0.4 is 10.2 Å². The number of rotatable bonds is 3. The summed E-state index contributed by atoms with van der Waals surface area (Å²) >= 11 is 0. The van der Waals surface area contributed by atoms with E-state index in [1.165, 1.54) is 7.11 Å². The molecular weight excluding hydrogens is 232 g/mol. The third-order valence-corrected chi connectivity index (χ3v) is 2.97. The van der Waals surface area contributed by atoms with Gasteiger partial charge in [-0.05, 0) is 19.2 Å². The molecule has 0 atom stereocenters. The van der Waals surface area contributed by atoms with E-state index in [0.29, 0.717) is 11.4 Å². The van der Waals surface area contributed by atoms with E-state index in [4.69, 9.17) is 4.74 Å². The van der Waals surface area contributed by atoms with Crippen molar-refractivity contribution in [1.82, 2.24) is 20.3 Å². The summed E-state index contributed by atoms with van der Waals surface area (Å²) in [5.41, 5.74) is 3.34.